The summed E-state index contributed by atoms with van der Waals surface area (Å²) in [6, 6.07) is 0.164. The van der Waals surface area contributed by atoms with E-state index >= 15 is 0 Å². The van der Waals surface area contributed by atoms with Crippen molar-refractivity contribution in [3.8, 4) is 0 Å². The summed E-state index contributed by atoms with van der Waals surface area (Å²) in [5.41, 5.74) is 0. The number of nitrogens with zero attached hydrogens (tertiary/aromatic N) is 1. The van der Waals surface area contributed by atoms with Gasteiger partial charge in [-0.05, 0) is 12.3 Å². The van der Waals surface area contributed by atoms with Gasteiger partial charge in [-0.25, -0.2) is 0 Å². The van der Waals surface area contributed by atoms with Crippen molar-refractivity contribution >= 4 is 34.2 Å². The van der Waals surface area contributed by atoms with Crippen molar-refractivity contribution in [1.82, 2.24) is 4.90 Å². The van der Waals surface area contributed by atoms with Crippen LogP contribution in [0.15, 0.2) is 12.2 Å². The first-order valence-corrected chi connectivity index (χ1v) is 8.20. The summed E-state index contributed by atoms with van der Waals surface area (Å²) in [4.78, 5) is 13.9. The summed E-state index contributed by atoms with van der Waals surface area (Å²) >= 11 is 6.80. The lowest BCUT2D eigenvalue weighted by atomic mass is 10.0. The number of allylic oxidation sites excluding steroid dienone is 1. The predicted octanol–water partition coefficient (Wildman–Crippen LogP) is 2.98. The molecule has 3 nitrogen and oxygen atoms in total. The third-order valence-electron chi connectivity index (χ3n) is 3.14. The summed E-state index contributed by atoms with van der Waals surface area (Å²) in [6.45, 7) is 6.27. The van der Waals surface area contributed by atoms with Gasteiger partial charge in [0.25, 0.3) is 0 Å². The number of unbranched alkanes of at least 4 members (excludes halogenated alkanes) is 1. The molecule has 19 heavy (non-hydrogen) atoms. The third kappa shape index (κ3) is 4.89. The Hall–Kier alpha value is -0.390. The zero-order chi connectivity index (χ0) is 14.4. The molecular weight excluding hydrogens is 278 g/mol. The van der Waals surface area contributed by atoms with Crippen molar-refractivity contribution in [2.75, 3.05) is 5.75 Å². The quantitative estimate of drug-likeness (QED) is 0.605. The van der Waals surface area contributed by atoms with Gasteiger partial charge in [-0.1, -0.05) is 63.3 Å². The lowest BCUT2D eigenvalue weighted by molar-refractivity contribution is -0.130. The van der Waals surface area contributed by atoms with Crippen LogP contribution >= 0.6 is 24.0 Å². The average Bonchev–Trinajstić information content (AvgIpc) is 2.71. The number of carbonyl (C=O) groups excluding carboxylic acids is 1. The van der Waals surface area contributed by atoms with Crippen molar-refractivity contribution in [2.24, 2.45) is 5.92 Å². The summed E-state index contributed by atoms with van der Waals surface area (Å²) in [7, 11) is 0. The van der Waals surface area contributed by atoms with Gasteiger partial charge in [-0.3, -0.25) is 9.69 Å². The Labute approximate surface area is 125 Å². The van der Waals surface area contributed by atoms with E-state index in [0.717, 1.165) is 18.6 Å². The monoisotopic (exact) mass is 301 g/mol. The smallest absolute Gasteiger partial charge is 0.231 e. The van der Waals surface area contributed by atoms with Crippen LogP contribution in [0.3, 0.4) is 0 Å². The van der Waals surface area contributed by atoms with E-state index in [-0.39, 0.29) is 18.4 Å². The van der Waals surface area contributed by atoms with Crippen molar-refractivity contribution in [2.45, 2.75) is 52.2 Å². The average molecular weight is 301 g/mol. The fraction of sp³-hybridized carbons (Fsp3) is 0.714. The third-order valence-corrected chi connectivity index (χ3v) is 4.64. The van der Waals surface area contributed by atoms with Crippen LogP contribution in [0.1, 0.15) is 40.0 Å². The molecule has 1 heterocycles. The highest BCUT2D eigenvalue weighted by Gasteiger charge is 2.35. The van der Waals surface area contributed by atoms with Gasteiger partial charge >= 0.3 is 0 Å². The minimum atomic E-state index is -0.708. The highest BCUT2D eigenvalue weighted by Crippen LogP contribution is 2.29. The molecule has 0 spiro atoms. The van der Waals surface area contributed by atoms with Gasteiger partial charge in [0, 0.05) is 11.8 Å². The summed E-state index contributed by atoms with van der Waals surface area (Å²) in [5, 5.41) is 9.83. The summed E-state index contributed by atoms with van der Waals surface area (Å²) < 4.78 is 0.647. The molecular formula is C14H23NO2S2. The maximum atomic E-state index is 12.2. The van der Waals surface area contributed by atoms with Crippen molar-refractivity contribution < 1.29 is 9.90 Å². The maximum Gasteiger partial charge on any atom is 0.231 e. The predicted molar refractivity (Wildman–Crippen MR) is 85.2 cm³/mol. The fourth-order valence-electron chi connectivity index (χ4n) is 1.98. The Morgan fingerprint density at radius 2 is 2.32 bits per heavy atom. The largest absolute Gasteiger partial charge is 0.389 e. The fourth-order valence-corrected chi connectivity index (χ4v) is 3.64. The van der Waals surface area contributed by atoms with Crippen LogP contribution in [0.4, 0.5) is 0 Å². The molecule has 0 aliphatic carbocycles. The van der Waals surface area contributed by atoms with Crippen LogP contribution in [0.5, 0.6) is 0 Å². The molecule has 0 aromatic rings. The molecule has 1 rings (SSSR count). The number of hydrogen-bond acceptors (Lipinski definition) is 4. The van der Waals surface area contributed by atoms with E-state index < -0.39 is 6.10 Å². The van der Waals surface area contributed by atoms with Crippen LogP contribution < -0.4 is 0 Å². The van der Waals surface area contributed by atoms with Gasteiger partial charge in [-0.15, -0.1) is 0 Å². The summed E-state index contributed by atoms with van der Waals surface area (Å²) in [6.07, 6.45) is 5.01. The molecule has 1 N–H and O–H groups in total. The molecule has 0 unspecified atom stereocenters. The van der Waals surface area contributed by atoms with E-state index in [0.29, 0.717) is 10.2 Å². The minimum Gasteiger partial charge on any atom is -0.389 e. The second-order valence-corrected chi connectivity index (χ2v) is 6.79. The van der Waals surface area contributed by atoms with E-state index in [2.05, 4.69) is 20.8 Å². The van der Waals surface area contributed by atoms with Gasteiger partial charge in [0.1, 0.15) is 4.32 Å². The normalized spacial score (nSPS) is 21.6. The second-order valence-electron chi connectivity index (χ2n) is 5.14. The van der Waals surface area contributed by atoms with E-state index in [4.69, 9.17) is 12.2 Å². The van der Waals surface area contributed by atoms with Crippen LogP contribution in [-0.4, -0.2) is 38.1 Å². The molecule has 1 amide bonds. The van der Waals surface area contributed by atoms with Gasteiger partial charge in [-0.2, -0.15) is 0 Å². The van der Waals surface area contributed by atoms with Gasteiger partial charge in [0.2, 0.25) is 5.91 Å². The topological polar surface area (TPSA) is 40.5 Å². The first-order valence-electron chi connectivity index (χ1n) is 6.80. The molecule has 1 saturated heterocycles. The molecule has 0 bridgehead atoms. The van der Waals surface area contributed by atoms with E-state index in [1.165, 1.54) is 0 Å². The molecule has 5 heteroatoms. The molecule has 1 aliphatic heterocycles. The first kappa shape index (κ1) is 16.7. The first-order chi connectivity index (χ1) is 8.97. The maximum absolute atomic E-state index is 12.2. The molecule has 0 saturated carbocycles. The van der Waals surface area contributed by atoms with Gasteiger partial charge < -0.3 is 5.11 Å². The number of amides is 1. The standard InChI is InChI=1S/C14H23NO2S2/c1-4-5-6-7-11(16)8-13(17)15-12(10(2)3)9-19-14(15)18/h6-7,10-12,16H,4-5,8-9H2,1-3H3/b7-6+/t11-,12+/m1/s1. The van der Waals surface area contributed by atoms with Crippen molar-refractivity contribution in [1.29, 1.82) is 0 Å². The number of thioether (sulfide) groups is 1. The van der Waals surface area contributed by atoms with E-state index in [9.17, 15) is 9.90 Å². The Kier molecular flexibility index (Phi) is 7.04. The minimum absolute atomic E-state index is 0.0673. The lowest BCUT2D eigenvalue weighted by Gasteiger charge is -2.27. The number of aliphatic hydroxyl groups is 1. The van der Waals surface area contributed by atoms with Crippen molar-refractivity contribution in [3.63, 3.8) is 0 Å². The van der Waals surface area contributed by atoms with E-state index in [1.807, 2.05) is 6.08 Å². The number of hydrogen-bond donors (Lipinski definition) is 1. The highest BCUT2D eigenvalue weighted by molar-refractivity contribution is 8.23. The van der Waals surface area contributed by atoms with Crippen LogP contribution in [-0.2, 0) is 4.79 Å². The van der Waals surface area contributed by atoms with Crippen molar-refractivity contribution in [3.05, 3.63) is 12.2 Å². The zero-order valence-corrected chi connectivity index (χ0v) is 13.5. The zero-order valence-electron chi connectivity index (χ0n) is 11.8. The molecule has 2 atom stereocenters. The number of carbonyl (C=O) groups is 1. The van der Waals surface area contributed by atoms with Crippen LogP contribution in [0.2, 0.25) is 0 Å². The summed E-state index contributed by atoms with van der Waals surface area (Å²) in [5.74, 6) is 1.18. The highest BCUT2D eigenvalue weighted by atomic mass is 32.2. The molecule has 1 aliphatic rings. The SMILES string of the molecule is CCC/C=C/[C@@H](O)CC(=O)N1C(=S)SC[C@H]1C(C)C. The van der Waals surface area contributed by atoms with Gasteiger partial charge in [0.15, 0.2) is 0 Å². The Balaban J connectivity index is 2.58. The number of aliphatic hydroxyl groups excluding tert-OH is 1. The molecule has 1 fully saturated rings. The lowest BCUT2D eigenvalue weighted by Crippen LogP contribution is -2.42. The Morgan fingerprint density at radius 3 is 2.89 bits per heavy atom. The van der Waals surface area contributed by atoms with Crippen LogP contribution in [0, 0.1) is 5.92 Å². The van der Waals surface area contributed by atoms with E-state index in [1.54, 1.807) is 22.7 Å². The number of rotatable bonds is 6. The second kappa shape index (κ2) is 8.02. The molecule has 0 aromatic carbocycles. The van der Waals surface area contributed by atoms with Crippen LogP contribution in [0.25, 0.3) is 0 Å². The Morgan fingerprint density at radius 1 is 1.63 bits per heavy atom. The van der Waals surface area contributed by atoms with Gasteiger partial charge in [0.05, 0.1) is 12.5 Å². The molecule has 0 radical (unpaired) electrons. The Bertz CT molecular complexity index is 355. The molecule has 0 aromatic heterocycles. The molecule has 108 valence electrons. The number of thiocarbonyl (C=S) groups is 1.